The molecule has 0 atom stereocenters. The molecule has 0 N–H and O–H groups in total. The lowest BCUT2D eigenvalue weighted by Crippen LogP contribution is -2.54. The van der Waals surface area contributed by atoms with Gasteiger partial charge in [-0.1, -0.05) is 12.1 Å². The Morgan fingerprint density at radius 3 is 2.43 bits per heavy atom. The molecular formula is C35H42F3N5O4. The van der Waals surface area contributed by atoms with Gasteiger partial charge in [0.25, 0.3) is 5.91 Å². The van der Waals surface area contributed by atoms with Crippen LogP contribution in [-0.4, -0.2) is 56.5 Å². The van der Waals surface area contributed by atoms with Crippen molar-refractivity contribution in [2.24, 2.45) is 13.0 Å². The summed E-state index contributed by atoms with van der Waals surface area (Å²) in [5.74, 6) is 0.590. The molecule has 12 heteroatoms. The third-order valence-electron chi connectivity index (χ3n) is 9.97. The predicted molar refractivity (Wildman–Crippen MR) is 169 cm³/mol. The van der Waals surface area contributed by atoms with Gasteiger partial charge in [-0.2, -0.15) is 13.2 Å². The SMILES string of the molecule is COCC1CC(c2cccc(N3Cc4c(cc(CN(C(=O)OC(C)(C)C)C5(C)CCC5)cc4C(F)(F)F)C3=O)c2)(c2nncn2C)C1. The molecule has 2 fully saturated rings. The van der Waals surface area contributed by atoms with Crippen LogP contribution >= 0.6 is 0 Å². The number of aryl methyl sites for hydroxylation is 1. The first-order chi connectivity index (χ1) is 22.0. The van der Waals surface area contributed by atoms with Crippen molar-refractivity contribution in [1.29, 1.82) is 0 Å². The van der Waals surface area contributed by atoms with Crippen LogP contribution in [0.5, 0.6) is 0 Å². The molecule has 0 bridgehead atoms. The summed E-state index contributed by atoms with van der Waals surface area (Å²) in [5, 5.41) is 8.51. The van der Waals surface area contributed by atoms with E-state index in [1.807, 2.05) is 36.7 Å². The van der Waals surface area contributed by atoms with Gasteiger partial charge in [0, 0.05) is 44.1 Å². The summed E-state index contributed by atoms with van der Waals surface area (Å²) in [6.45, 7) is 7.46. The van der Waals surface area contributed by atoms with Crippen molar-refractivity contribution in [1.82, 2.24) is 19.7 Å². The zero-order valence-corrected chi connectivity index (χ0v) is 27.8. The largest absolute Gasteiger partial charge is 0.444 e. The Morgan fingerprint density at radius 1 is 1.13 bits per heavy atom. The van der Waals surface area contributed by atoms with Crippen LogP contribution in [-0.2, 0) is 41.2 Å². The molecule has 2 amide bonds. The van der Waals surface area contributed by atoms with Gasteiger partial charge in [0.15, 0.2) is 0 Å². The van der Waals surface area contributed by atoms with Crippen LogP contribution in [0.25, 0.3) is 0 Å². The Morgan fingerprint density at radius 2 is 1.85 bits per heavy atom. The maximum atomic E-state index is 14.6. The van der Waals surface area contributed by atoms with Crippen LogP contribution in [0.4, 0.5) is 23.7 Å². The highest BCUT2D eigenvalue weighted by Gasteiger charge is 2.50. The number of benzene rings is 2. The first-order valence-electron chi connectivity index (χ1n) is 16.0. The minimum absolute atomic E-state index is 0.00468. The van der Waals surface area contributed by atoms with Crippen molar-refractivity contribution >= 4 is 17.7 Å². The third kappa shape index (κ3) is 6.00. The van der Waals surface area contributed by atoms with Gasteiger partial charge in [0.1, 0.15) is 17.8 Å². The van der Waals surface area contributed by atoms with Crippen LogP contribution in [0.2, 0.25) is 0 Å². The van der Waals surface area contributed by atoms with E-state index >= 15 is 0 Å². The van der Waals surface area contributed by atoms with E-state index in [-0.39, 0.29) is 29.8 Å². The fraction of sp³-hybridized carbons (Fsp3) is 0.543. The first-order valence-corrected chi connectivity index (χ1v) is 16.0. The maximum Gasteiger partial charge on any atom is 0.416 e. The number of methoxy groups -OCH3 is 1. The molecule has 2 heterocycles. The summed E-state index contributed by atoms with van der Waals surface area (Å²) in [4.78, 5) is 30.2. The Bertz CT molecular complexity index is 1680. The molecule has 0 spiro atoms. The van der Waals surface area contributed by atoms with Gasteiger partial charge in [-0.25, -0.2) is 4.79 Å². The van der Waals surface area contributed by atoms with Gasteiger partial charge in [-0.15, -0.1) is 10.2 Å². The van der Waals surface area contributed by atoms with E-state index in [2.05, 4.69) is 10.2 Å². The number of hydrogen-bond acceptors (Lipinski definition) is 6. The minimum Gasteiger partial charge on any atom is -0.444 e. The van der Waals surface area contributed by atoms with Gasteiger partial charge in [0.05, 0.1) is 17.5 Å². The van der Waals surface area contributed by atoms with E-state index in [1.54, 1.807) is 40.3 Å². The van der Waals surface area contributed by atoms with E-state index in [9.17, 15) is 22.8 Å². The summed E-state index contributed by atoms with van der Waals surface area (Å²) in [6.07, 6.45) is 0.232. The molecular weight excluding hydrogens is 611 g/mol. The molecule has 0 unspecified atom stereocenters. The molecule has 1 aromatic heterocycles. The second-order valence-electron chi connectivity index (χ2n) is 14.6. The average molecular weight is 654 g/mol. The number of carbonyl (C=O) groups is 2. The number of halogens is 3. The number of hydrogen-bond donors (Lipinski definition) is 0. The van der Waals surface area contributed by atoms with E-state index in [1.165, 1.54) is 15.9 Å². The lowest BCUT2D eigenvalue weighted by molar-refractivity contribution is -0.138. The number of aromatic nitrogens is 3. The zero-order valence-electron chi connectivity index (χ0n) is 27.8. The molecule has 3 aromatic rings. The smallest absolute Gasteiger partial charge is 0.416 e. The van der Waals surface area contributed by atoms with Crippen LogP contribution in [0.3, 0.4) is 0 Å². The number of rotatable bonds is 8. The van der Waals surface area contributed by atoms with Crippen molar-refractivity contribution in [3.05, 3.63) is 76.4 Å². The molecule has 1 aliphatic heterocycles. The first kappa shape index (κ1) is 33.0. The molecule has 47 heavy (non-hydrogen) atoms. The number of amides is 2. The summed E-state index contributed by atoms with van der Waals surface area (Å²) in [6, 6.07) is 10.0. The predicted octanol–water partition coefficient (Wildman–Crippen LogP) is 7.02. The number of anilines is 1. The molecule has 0 radical (unpaired) electrons. The van der Waals surface area contributed by atoms with Crippen LogP contribution in [0, 0.1) is 5.92 Å². The molecule has 0 saturated heterocycles. The van der Waals surface area contributed by atoms with E-state index < -0.39 is 40.3 Å². The molecule has 2 saturated carbocycles. The third-order valence-corrected chi connectivity index (χ3v) is 9.97. The zero-order chi connectivity index (χ0) is 33.9. The average Bonchev–Trinajstić information content (AvgIpc) is 3.53. The van der Waals surface area contributed by atoms with Crippen molar-refractivity contribution in [2.45, 2.75) is 95.6 Å². The van der Waals surface area contributed by atoms with E-state index in [0.717, 1.165) is 36.7 Å². The van der Waals surface area contributed by atoms with Crippen molar-refractivity contribution < 1.29 is 32.2 Å². The summed E-state index contributed by atoms with van der Waals surface area (Å²) in [5.41, 5.74) is -1.06. The number of ether oxygens (including phenoxy) is 2. The maximum absolute atomic E-state index is 14.6. The highest BCUT2D eigenvalue weighted by molar-refractivity contribution is 6.10. The van der Waals surface area contributed by atoms with E-state index in [4.69, 9.17) is 9.47 Å². The number of carbonyl (C=O) groups excluding carboxylic acids is 2. The second kappa shape index (κ2) is 11.6. The molecule has 6 rings (SSSR count). The van der Waals surface area contributed by atoms with Gasteiger partial charge in [-0.3, -0.25) is 9.69 Å². The van der Waals surface area contributed by atoms with Gasteiger partial charge in [-0.05, 0) is 107 Å². The van der Waals surface area contributed by atoms with Crippen molar-refractivity contribution in [3.63, 3.8) is 0 Å². The number of fused-ring (bicyclic) bond motifs is 1. The Balaban J connectivity index is 1.35. The Hall–Kier alpha value is -3.93. The summed E-state index contributed by atoms with van der Waals surface area (Å²) < 4.78 is 56.8. The molecule has 2 aliphatic carbocycles. The van der Waals surface area contributed by atoms with Crippen LogP contribution < -0.4 is 4.90 Å². The molecule has 9 nitrogen and oxygen atoms in total. The van der Waals surface area contributed by atoms with Gasteiger partial charge >= 0.3 is 12.3 Å². The lowest BCUT2D eigenvalue weighted by Gasteiger charge is -2.47. The topological polar surface area (TPSA) is 89.8 Å². The quantitative estimate of drug-likeness (QED) is 0.260. The number of nitrogens with zero attached hydrogens (tertiary/aromatic N) is 5. The Labute approximate surface area is 273 Å². The Kier molecular flexibility index (Phi) is 8.17. The molecule has 2 aromatic carbocycles. The van der Waals surface area contributed by atoms with Crippen LogP contribution in [0.1, 0.15) is 98.2 Å². The number of alkyl halides is 3. The standard InChI is InChI=1S/C35H42F3N5O4/c1-32(2,3)47-31(45)43(33(4)11-8-12-33)18-22-13-26-27(28(14-22)35(36,37)38)19-42(29(26)44)25-10-7-9-24(15-25)34(16-23(17-34)20-46-6)30-40-39-21-41(30)5/h7,9-10,13-15,21,23H,8,11-12,16-20H2,1-6H3. The van der Waals surface area contributed by atoms with E-state index in [0.29, 0.717) is 31.1 Å². The fourth-order valence-electron chi connectivity index (χ4n) is 7.47. The van der Waals surface area contributed by atoms with Crippen molar-refractivity contribution in [3.8, 4) is 0 Å². The van der Waals surface area contributed by atoms with Crippen LogP contribution in [0.15, 0.2) is 42.7 Å². The normalized spacial score (nSPS) is 22.0. The monoisotopic (exact) mass is 653 g/mol. The summed E-state index contributed by atoms with van der Waals surface area (Å²) in [7, 11) is 3.56. The fourth-order valence-corrected chi connectivity index (χ4v) is 7.47. The highest BCUT2D eigenvalue weighted by atomic mass is 19.4. The van der Waals surface area contributed by atoms with Gasteiger partial charge < -0.3 is 18.9 Å². The molecule has 252 valence electrons. The van der Waals surface area contributed by atoms with Gasteiger partial charge in [0.2, 0.25) is 0 Å². The molecule has 3 aliphatic rings. The minimum atomic E-state index is -4.70. The second-order valence-corrected chi connectivity index (χ2v) is 14.6. The highest BCUT2D eigenvalue weighted by Crippen LogP contribution is 2.52. The lowest BCUT2D eigenvalue weighted by atomic mass is 9.58. The summed E-state index contributed by atoms with van der Waals surface area (Å²) >= 11 is 0. The van der Waals surface area contributed by atoms with Crippen molar-refractivity contribution in [2.75, 3.05) is 18.6 Å².